The Bertz CT molecular complexity index is 1630. The minimum absolute atomic E-state index is 0.0751. The van der Waals surface area contributed by atoms with E-state index in [4.69, 9.17) is 0 Å². The summed E-state index contributed by atoms with van der Waals surface area (Å²) in [5.74, 6) is 1.09. The molecule has 1 N–H and O–H groups in total. The van der Waals surface area contributed by atoms with Crippen molar-refractivity contribution >= 4 is 32.4 Å². The van der Waals surface area contributed by atoms with Crippen LogP contribution in [0.1, 0.15) is 45.7 Å². The van der Waals surface area contributed by atoms with Crippen molar-refractivity contribution in [3.63, 3.8) is 0 Å². The second kappa shape index (κ2) is 8.01. The molecule has 0 bridgehead atoms. The number of hydrogen-bond acceptors (Lipinski definition) is 6. The van der Waals surface area contributed by atoms with Crippen LogP contribution in [0.5, 0.6) is 0 Å². The first-order chi connectivity index (χ1) is 16.8. The van der Waals surface area contributed by atoms with Gasteiger partial charge in [0.15, 0.2) is 0 Å². The number of carbonyl (C=O) groups excluding carboxylic acids is 1. The second-order valence-electron chi connectivity index (χ2n) is 9.64. The van der Waals surface area contributed by atoms with Gasteiger partial charge in [-0.3, -0.25) is 14.0 Å². The van der Waals surface area contributed by atoms with Gasteiger partial charge in [0.1, 0.15) is 15.7 Å². The highest BCUT2D eigenvalue weighted by Gasteiger charge is 2.27. The molecule has 0 radical (unpaired) electrons. The van der Waals surface area contributed by atoms with Gasteiger partial charge in [-0.25, -0.2) is 8.42 Å². The fourth-order valence-electron chi connectivity index (χ4n) is 5.28. The highest BCUT2D eigenvalue weighted by molar-refractivity contribution is 7.91. The molecule has 180 valence electrons. The van der Waals surface area contributed by atoms with Crippen molar-refractivity contribution in [1.82, 2.24) is 24.5 Å². The second-order valence-corrected chi connectivity index (χ2v) is 11.9. The molecule has 0 unspecified atom stereocenters. The molecule has 0 spiro atoms. The first kappa shape index (κ1) is 22.0. The van der Waals surface area contributed by atoms with Gasteiger partial charge in [0.2, 0.25) is 5.65 Å². The van der Waals surface area contributed by atoms with Gasteiger partial charge >= 0.3 is 0 Å². The fourth-order valence-corrected chi connectivity index (χ4v) is 6.87. The molecular weight excluding hydrogens is 466 g/mol. The molecule has 0 saturated carbocycles. The molecule has 6 rings (SSSR count). The average molecular weight is 492 g/mol. The summed E-state index contributed by atoms with van der Waals surface area (Å²) in [5.41, 5.74) is 4.74. The van der Waals surface area contributed by atoms with E-state index in [1.54, 1.807) is 10.5 Å². The van der Waals surface area contributed by atoms with Gasteiger partial charge in [-0.15, -0.1) is 10.2 Å². The molecule has 1 fully saturated rings. The molecule has 35 heavy (non-hydrogen) atoms. The Hall–Kier alpha value is -3.53. The molecule has 4 heterocycles. The van der Waals surface area contributed by atoms with Crippen molar-refractivity contribution in [2.45, 2.75) is 39.3 Å². The number of amides is 1. The number of aromatic nitrogens is 4. The van der Waals surface area contributed by atoms with Crippen LogP contribution in [0.4, 0.5) is 0 Å². The number of nitrogens with zero attached hydrogens (tertiary/aromatic N) is 4. The molecule has 9 nitrogen and oxygen atoms in total. The SMILES string of the molecule is Cc1cc2c(cc1C(=O)N1Cc3ccccc3C1)[nH]c(=O)c1nnc(CC3CCS(=O)(=O)CC3)n12. The maximum atomic E-state index is 13.4. The van der Waals surface area contributed by atoms with Gasteiger partial charge in [-0.2, -0.15) is 0 Å². The predicted octanol–water partition coefficient (Wildman–Crippen LogP) is 2.40. The Morgan fingerprint density at radius 1 is 1.09 bits per heavy atom. The van der Waals surface area contributed by atoms with Crippen LogP contribution in [0, 0.1) is 12.8 Å². The van der Waals surface area contributed by atoms with Crippen LogP contribution >= 0.6 is 0 Å². The molecule has 0 aliphatic carbocycles. The van der Waals surface area contributed by atoms with E-state index in [1.165, 1.54) is 0 Å². The quantitative estimate of drug-likeness (QED) is 0.470. The van der Waals surface area contributed by atoms with Gasteiger partial charge < -0.3 is 9.88 Å². The number of benzene rings is 2. The predicted molar refractivity (Wildman–Crippen MR) is 131 cm³/mol. The third kappa shape index (κ3) is 3.81. The third-order valence-corrected chi connectivity index (χ3v) is 8.98. The van der Waals surface area contributed by atoms with Crippen LogP contribution in [0.15, 0.2) is 41.2 Å². The van der Waals surface area contributed by atoms with E-state index >= 15 is 0 Å². The van der Waals surface area contributed by atoms with Crippen LogP contribution < -0.4 is 5.56 Å². The average Bonchev–Trinajstić information content (AvgIpc) is 3.45. The summed E-state index contributed by atoms with van der Waals surface area (Å²) >= 11 is 0. The van der Waals surface area contributed by atoms with Gasteiger partial charge in [0, 0.05) is 25.1 Å². The number of fused-ring (bicyclic) bond motifs is 4. The van der Waals surface area contributed by atoms with Gasteiger partial charge in [0.25, 0.3) is 11.5 Å². The summed E-state index contributed by atoms with van der Waals surface area (Å²) in [5, 5.41) is 8.39. The Kier molecular flexibility index (Phi) is 5.03. The summed E-state index contributed by atoms with van der Waals surface area (Å²) in [6, 6.07) is 11.7. The van der Waals surface area contributed by atoms with E-state index in [2.05, 4.69) is 15.2 Å². The van der Waals surface area contributed by atoms with Crippen molar-refractivity contribution in [3.05, 3.63) is 74.8 Å². The van der Waals surface area contributed by atoms with Crippen LogP contribution in [-0.2, 0) is 29.3 Å². The molecule has 2 aliphatic rings. The van der Waals surface area contributed by atoms with E-state index in [0.29, 0.717) is 49.3 Å². The van der Waals surface area contributed by atoms with Crippen molar-refractivity contribution < 1.29 is 13.2 Å². The lowest BCUT2D eigenvalue weighted by Crippen LogP contribution is -2.26. The summed E-state index contributed by atoms with van der Waals surface area (Å²) in [6.45, 7) is 3.02. The summed E-state index contributed by atoms with van der Waals surface area (Å²) in [4.78, 5) is 30.9. The summed E-state index contributed by atoms with van der Waals surface area (Å²) in [6.07, 6.45) is 1.70. The molecule has 2 aromatic heterocycles. The number of carbonyl (C=O) groups is 1. The number of hydrogen-bond donors (Lipinski definition) is 1. The highest BCUT2D eigenvalue weighted by Crippen LogP contribution is 2.28. The van der Waals surface area contributed by atoms with Crippen LogP contribution in [0.3, 0.4) is 0 Å². The molecule has 10 heteroatoms. The summed E-state index contributed by atoms with van der Waals surface area (Å²) < 4.78 is 25.4. The largest absolute Gasteiger partial charge is 0.330 e. The van der Waals surface area contributed by atoms with Gasteiger partial charge in [0.05, 0.1) is 22.5 Å². The number of rotatable bonds is 3. The van der Waals surface area contributed by atoms with E-state index in [-0.39, 0.29) is 34.5 Å². The maximum Gasteiger partial charge on any atom is 0.294 e. The minimum Gasteiger partial charge on any atom is -0.330 e. The van der Waals surface area contributed by atoms with E-state index < -0.39 is 9.84 Å². The number of aryl methyl sites for hydroxylation is 1. The highest BCUT2D eigenvalue weighted by atomic mass is 32.2. The molecule has 4 aromatic rings. The number of aromatic amines is 1. The Morgan fingerprint density at radius 3 is 2.46 bits per heavy atom. The normalized spacial score (nSPS) is 17.8. The van der Waals surface area contributed by atoms with Crippen molar-refractivity contribution in [3.8, 4) is 0 Å². The van der Waals surface area contributed by atoms with Crippen LogP contribution in [-0.4, -0.2) is 50.3 Å². The first-order valence-electron chi connectivity index (χ1n) is 11.8. The smallest absolute Gasteiger partial charge is 0.294 e. The minimum atomic E-state index is -2.96. The topological polar surface area (TPSA) is 118 Å². The number of H-pyrrole nitrogens is 1. The number of sulfone groups is 1. The Balaban J connectivity index is 1.37. The van der Waals surface area contributed by atoms with Crippen molar-refractivity contribution in [2.24, 2.45) is 5.92 Å². The van der Waals surface area contributed by atoms with Crippen molar-refractivity contribution in [1.29, 1.82) is 0 Å². The van der Waals surface area contributed by atoms with E-state index in [0.717, 1.165) is 22.2 Å². The molecular formula is C25H25N5O4S. The molecule has 1 saturated heterocycles. The fraction of sp³-hybridized carbons (Fsp3) is 0.360. The number of nitrogens with one attached hydrogen (secondary N) is 1. The van der Waals surface area contributed by atoms with E-state index in [1.807, 2.05) is 42.2 Å². The molecule has 2 aliphatic heterocycles. The zero-order valence-electron chi connectivity index (χ0n) is 19.3. The third-order valence-electron chi connectivity index (χ3n) is 7.27. The Labute approximate surface area is 201 Å². The zero-order chi connectivity index (χ0) is 24.3. The lowest BCUT2D eigenvalue weighted by molar-refractivity contribution is 0.0751. The van der Waals surface area contributed by atoms with Crippen LogP contribution in [0.2, 0.25) is 0 Å². The Morgan fingerprint density at radius 2 is 1.77 bits per heavy atom. The standard InChI is InChI=1S/C25H25N5O4S/c1-15-10-21-20(12-19(15)25(32)29-13-17-4-2-3-5-18(17)14-29)26-24(31)23-28-27-22(30(21)23)11-16-6-8-35(33,34)9-7-16/h2-5,10,12,16H,6-9,11,13-14H2,1H3,(H,26,31). The maximum absolute atomic E-state index is 13.4. The van der Waals surface area contributed by atoms with Gasteiger partial charge in [-0.05, 0) is 54.5 Å². The molecule has 0 atom stereocenters. The molecule has 2 aromatic carbocycles. The summed E-state index contributed by atoms with van der Waals surface area (Å²) in [7, 11) is -2.96. The van der Waals surface area contributed by atoms with Crippen LogP contribution in [0.25, 0.3) is 16.7 Å². The lowest BCUT2D eigenvalue weighted by atomic mass is 9.98. The van der Waals surface area contributed by atoms with Crippen molar-refractivity contribution in [2.75, 3.05) is 11.5 Å². The molecule has 1 amide bonds. The monoisotopic (exact) mass is 491 g/mol. The van der Waals surface area contributed by atoms with E-state index in [9.17, 15) is 18.0 Å². The lowest BCUT2D eigenvalue weighted by Gasteiger charge is -2.21. The first-order valence-corrected chi connectivity index (χ1v) is 13.6. The zero-order valence-corrected chi connectivity index (χ0v) is 20.1. The van der Waals surface area contributed by atoms with Gasteiger partial charge in [-0.1, -0.05) is 24.3 Å².